The SMILES string of the molecule is N#Cc1c(-c2ccccc2)nc(NN=Cc2ccc(F)cc2COC2CCCCC2)[nH]c1=O. The van der Waals surface area contributed by atoms with Gasteiger partial charge in [-0.1, -0.05) is 55.7 Å². The van der Waals surface area contributed by atoms with Crippen LogP contribution in [0.2, 0.25) is 0 Å². The maximum Gasteiger partial charge on any atom is 0.270 e. The van der Waals surface area contributed by atoms with E-state index in [-0.39, 0.29) is 29.1 Å². The largest absolute Gasteiger partial charge is 0.374 e. The highest BCUT2D eigenvalue weighted by Gasteiger charge is 2.15. The predicted octanol–water partition coefficient (Wildman–Crippen LogP) is 4.74. The van der Waals surface area contributed by atoms with E-state index in [0.29, 0.717) is 23.3 Å². The number of benzene rings is 2. The number of anilines is 1. The first kappa shape index (κ1) is 22.4. The summed E-state index contributed by atoms with van der Waals surface area (Å²) in [6.07, 6.45) is 7.35. The molecule has 0 unspecified atom stereocenters. The van der Waals surface area contributed by atoms with Crippen molar-refractivity contribution in [3.05, 3.63) is 81.4 Å². The van der Waals surface area contributed by atoms with Gasteiger partial charge in [-0.2, -0.15) is 10.4 Å². The van der Waals surface area contributed by atoms with Gasteiger partial charge in [0, 0.05) is 11.1 Å². The van der Waals surface area contributed by atoms with Crippen LogP contribution in [0.15, 0.2) is 58.4 Å². The predicted molar refractivity (Wildman–Crippen MR) is 124 cm³/mol. The number of H-pyrrole nitrogens is 1. The van der Waals surface area contributed by atoms with Crippen LogP contribution in [0.3, 0.4) is 0 Å². The topological polar surface area (TPSA) is 103 Å². The van der Waals surface area contributed by atoms with Crippen LogP contribution in [0.1, 0.15) is 48.8 Å². The molecule has 7 nitrogen and oxygen atoms in total. The summed E-state index contributed by atoms with van der Waals surface area (Å²) < 4.78 is 19.8. The Labute approximate surface area is 191 Å². The van der Waals surface area contributed by atoms with Crippen LogP contribution in [0, 0.1) is 17.1 Å². The van der Waals surface area contributed by atoms with E-state index in [9.17, 15) is 14.4 Å². The molecule has 0 amide bonds. The number of nitrogens with zero attached hydrogens (tertiary/aromatic N) is 3. The van der Waals surface area contributed by atoms with Crippen LogP contribution in [0.5, 0.6) is 0 Å². The van der Waals surface area contributed by atoms with Gasteiger partial charge in [0.05, 0.1) is 24.6 Å². The fourth-order valence-corrected chi connectivity index (χ4v) is 3.86. The smallest absolute Gasteiger partial charge is 0.270 e. The average molecular weight is 445 g/mol. The Kier molecular flexibility index (Phi) is 7.22. The lowest BCUT2D eigenvalue weighted by Gasteiger charge is -2.22. The molecule has 3 aromatic rings. The van der Waals surface area contributed by atoms with Gasteiger partial charge >= 0.3 is 0 Å². The number of ether oxygens (including phenoxy) is 1. The number of nitriles is 1. The summed E-state index contributed by atoms with van der Waals surface area (Å²) in [5.41, 5.74) is 4.36. The van der Waals surface area contributed by atoms with Gasteiger partial charge in [0.2, 0.25) is 5.95 Å². The van der Waals surface area contributed by atoms with E-state index in [1.165, 1.54) is 24.8 Å². The first-order valence-electron chi connectivity index (χ1n) is 10.9. The number of aromatic amines is 1. The third-order valence-electron chi connectivity index (χ3n) is 5.58. The van der Waals surface area contributed by atoms with Crippen LogP contribution >= 0.6 is 0 Å². The maximum absolute atomic E-state index is 13.8. The van der Waals surface area contributed by atoms with Crippen LogP contribution in [-0.4, -0.2) is 22.3 Å². The van der Waals surface area contributed by atoms with Gasteiger partial charge in [0.25, 0.3) is 5.56 Å². The number of rotatable bonds is 7. The zero-order valence-electron chi connectivity index (χ0n) is 18.1. The first-order valence-corrected chi connectivity index (χ1v) is 10.9. The third kappa shape index (κ3) is 5.70. The Balaban J connectivity index is 1.52. The minimum absolute atomic E-state index is 0.0728. The lowest BCUT2D eigenvalue weighted by atomic mass is 9.98. The van der Waals surface area contributed by atoms with Crippen molar-refractivity contribution in [1.82, 2.24) is 9.97 Å². The molecule has 168 valence electrons. The van der Waals surface area contributed by atoms with Gasteiger partial charge in [0.15, 0.2) is 0 Å². The standard InChI is InChI=1S/C25H24FN5O2/c26-20-12-11-18(19(13-20)16-33-21-9-5-2-6-10-21)15-28-31-25-29-23(17-7-3-1-4-8-17)22(14-27)24(32)30-25/h1,3-4,7-8,11-13,15,21H,2,5-6,9-10,16H2,(H2,29,30,31,32). The zero-order chi connectivity index (χ0) is 23.0. The lowest BCUT2D eigenvalue weighted by molar-refractivity contribution is 0.0167. The summed E-state index contributed by atoms with van der Waals surface area (Å²) in [7, 11) is 0. The summed E-state index contributed by atoms with van der Waals surface area (Å²) in [6.45, 7) is 0.299. The van der Waals surface area contributed by atoms with E-state index in [0.717, 1.165) is 25.7 Å². The van der Waals surface area contributed by atoms with E-state index in [1.807, 2.05) is 12.1 Å². The zero-order valence-corrected chi connectivity index (χ0v) is 18.1. The van der Waals surface area contributed by atoms with Crippen LogP contribution in [0.4, 0.5) is 10.3 Å². The Morgan fingerprint density at radius 2 is 2.00 bits per heavy atom. The molecule has 0 saturated heterocycles. The number of hydrazone groups is 1. The first-order chi connectivity index (χ1) is 16.1. The molecule has 2 aromatic carbocycles. The molecule has 33 heavy (non-hydrogen) atoms. The van der Waals surface area contributed by atoms with Crippen molar-refractivity contribution in [2.24, 2.45) is 5.10 Å². The molecule has 0 atom stereocenters. The van der Waals surface area contributed by atoms with E-state index in [1.54, 1.807) is 30.3 Å². The van der Waals surface area contributed by atoms with Crippen molar-refractivity contribution in [3.63, 3.8) is 0 Å². The average Bonchev–Trinajstić information content (AvgIpc) is 2.85. The number of aromatic nitrogens is 2. The van der Waals surface area contributed by atoms with Gasteiger partial charge in [0.1, 0.15) is 17.4 Å². The second kappa shape index (κ2) is 10.7. The number of hydrogen-bond donors (Lipinski definition) is 2. The summed E-state index contributed by atoms with van der Waals surface area (Å²) in [4.78, 5) is 19.2. The van der Waals surface area contributed by atoms with Crippen molar-refractivity contribution in [2.45, 2.75) is 44.8 Å². The fourth-order valence-electron chi connectivity index (χ4n) is 3.86. The van der Waals surface area contributed by atoms with Crippen molar-refractivity contribution in [1.29, 1.82) is 5.26 Å². The molecule has 0 bridgehead atoms. The molecule has 4 rings (SSSR count). The molecule has 1 heterocycles. The molecule has 1 saturated carbocycles. The van der Waals surface area contributed by atoms with Crippen molar-refractivity contribution in [3.8, 4) is 17.3 Å². The molecule has 0 spiro atoms. The Bertz CT molecular complexity index is 1230. The third-order valence-corrected chi connectivity index (χ3v) is 5.58. The summed E-state index contributed by atoms with van der Waals surface area (Å²) >= 11 is 0. The minimum Gasteiger partial charge on any atom is -0.374 e. The molecule has 1 aliphatic rings. The van der Waals surface area contributed by atoms with E-state index >= 15 is 0 Å². The molecule has 0 aliphatic heterocycles. The van der Waals surface area contributed by atoms with Crippen molar-refractivity contribution < 1.29 is 9.13 Å². The van der Waals surface area contributed by atoms with Crippen LogP contribution in [0.25, 0.3) is 11.3 Å². The molecular weight excluding hydrogens is 421 g/mol. The second-order valence-corrected chi connectivity index (χ2v) is 7.90. The van der Waals surface area contributed by atoms with Gasteiger partial charge in [-0.3, -0.25) is 9.78 Å². The monoisotopic (exact) mass is 445 g/mol. The van der Waals surface area contributed by atoms with Crippen LogP contribution in [-0.2, 0) is 11.3 Å². The van der Waals surface area contributed by atoms with Crippen LogP contribution < -0.4 is 11.0 Å². The molecule has 1 aromatic heterocycles. The fraction of sp³-hybridized carbons (Fsp3) is 0.280. The van der Waals surface area contributed by atoms with Gasteiger partial charge < -0.3 is 4.74 Å². The molecule has 2 N–H and O–H groups in total. The molecule has 8 heteroatoms. The Hall–Kier alpha value is -3.83. The van der Waals surface area contributed by atoms with Gasteiger partial charge in [-0.25, -0.2) is 14.8 Å². The minimum atomic E-state index is -0.563. The number of nitrogens with one attached hydrogen (secondary N) is 2. The number of halogens is 1. The quantitative estimate of drug-likeness (QED) is 0.404. The highest BCUT2D eigenvalue weighted by atomic mass is 19.1. The summed E-state index contributed by atoms with van der Waals surface area (Å²) in [5, 5.41) is 13.5. The normalized spacial score (nSPS) is 14.3. The van der Waals surface area contributed by atoms with Crippen molar-refractivity contribution >= 4 is 12.2 Å². The highest BCUT2D eigenvalue weighted by Crippen LogP contribution is 2.22. The molecule has 1 aliphatic carbocycles. The van der Waals surface area contributed by atoms with E-state index in [2.05, 4.69) is 20.5 Å². The highest BCUT2D eigenvalue weighted by molar-refractivity contribution is 5.82. The van der Waals surface area contributed by atoms with Gasteiger partial charge in [-0.15, -0.1) is 0 Å². The van der Waals surface area contributed by atoms with Crippen molar-refractivity contribution in [2.75, 3.05) is 5.43 Å². The lowest BCUT2D eigenvalue weighted by Crippen LogP contribution is -2.17. The maximum atomic E-state index is 13.8. The summed E-state index contributed by atoms with van der Waals surface area (Å²) in [6, 6.07) is 15.3. The Morgan fingerprint density at radius 3 is 2.76 bits per heavy atom. The Morgan fingerprint density at radius 1 is 1.21 bits per heavy atom. The summed E-state index contributed by atoms with van der Waals surface area (Å²) in [5.74, 6) is -0.246. The van der Waals surface area contributed by atoms with E-state index in [4.69, 9.17) is 4.74 Å². The van der Waals surface area contributed by atoms with E-state index < -0.39 is 5.56 Å². The second-order valence-electron chi connectivity index (χ2n) is 7.90. The molecule has 1 fully saturated rings. The molecular formula is C25H24FN5O2. The number of hydrogen-bond acceptors (Lipinski definition) is 6. The molecule has 0 radical (unpaired) electrons. The van der Waals surface area contributed by atoms with Gasteiger partial charge in [-0.05, 0) is 30.5 Å².